The van der Waals surface area contributed by atoms with Crippen LogP contribution in [0.4, 0.5) is 0 Å². The third-order valence-electron chi connectivity index (χ3n) is 3.65. The number of Topliss-reactive ketones (excluding diaryl/α,β-unsaturated/α-hetero) is 2. The Hall–Kier alpha value is -3.01. The molecule has 0 spiro atoms. The van der Waals surface area contributed by atoms with Gasteiger partial charge < -0.3 is 10.4 Å². The van der Waals surface area contributed by atoms with Crippen molar-refractivity contribution in [1.29, 1.82) is 5.26 Å². The van der Waals surface area contributed by atoms with Gasteiger partial charge in [0, 0.05) is 5.56 Å². The van der Waals surface area contributed by atoms with E-state index in [0.717, 1.165) is 0 Å². The Balaban J connectivity index is 2.49. The molecule has 0 radical (unpaired) electrons. The Bertz CT molecular complexity index is 734. The number of carboxylic acids is 1. The molecule has 0 fully saturated rings. The first-order valence-corrected chi connectivity index (χ1v) is 6.41. The highest BCUT2D eigenvalue weighted by atomic mass is 16.4. The van der Waals surface area contributed by atoms with Crippen LogP contribution in [0.25, 0.3) is 0 Å². The minimum atomic E-state index is -1.71. The number of hydrogen-bond acceptors (Lipinski definition) is 5. The topological polar surface area (TPSA) is 124 Å². The van der Waals surface area contributed by atoms with Gasteiger partial charge in [0.1, 0.15) is 12.0 Å². The molecule has 0 bridgehead atoms. The number of hydrogen-bond donors (Lipinski definition) is 2. The third kappa shape index (κ3) is 2.24. The number of nitriles is 1. The minimum Gasteiger partial charge on any atom is -0.480 e. The lowest BCUT2D eigenvalue weighted by atomic mass is 9.66. The molecule has 1 aromatic carbocycles. The zero-order valence-corrected chi connectivity index (χ0v) is 11.6. The number of carboxylic acid groups (broad SMARTS) is 1. The molecule has 7 heteroatoms. The zero-order valence-electron chi connectivity index (χ0n) is 11.6. The summed E-state index contributed by atoms with van der Waals surface area (Å²) in [6.07, 6.45) is 0. The number of carbonyl (C=O) groups is 4. The average Bonchev–Trinajstić information content (AvgIpc) is 2.51. The second-order valence-corrected chi connectivity index (χ2v) is 5.06. The van der Waals surface area contributed by atoms with Gasteiger partial charge in [-0.1, -0.05) is 24.3 Å². The van der Waals surface area contributed by atoms with E-state index < -0.39 is 41.3 Å². The van der Waals surface area contributed by atoms with Gasteiger partial charge in [0.2, 0.25) is 5.91 Å². The molecule has 1 aliphatic carbocycles. The molecule has 1 amide bonds. The first-order valence-electron chi connectivity index (χ1n) is 6.41. The largest absolute Gasteiger partial charge is 0.480 e. The van der Waals surface area contributed by atoms with E-state index in [4.69, 9.17) is 5.11 Å². The fraction of sp³-hybridized carbons (Fsp3) is 0.267. The molecule has 1 aromatic rings. The van der Waals surface area contributed by atoms with E-state index >= 15 is 0 Å². The third-order valence-corrected chi connectivity index (χ3v) is 3.65. The summed E-state index contributed by atoms with van der Waals surface area (Å²) in [5.41, 5.74) is -1.24. The van der Waals surface area contributed by atoms with Gasteiger partial charge in [-0.3, -0.25) is 19.2 Å². The Labute approximate surface area is 125 Å². The molecular weight excluding hydrogens is 288 g/mol. The number of nitrogens with one attached hydrogen (secondary N) is 1. The number of benzene rings is 1. The monoisotopic (exact) mass is 300 g/mol. The molecule has 0 saturated carbocycles. The maximum Gasteiger partial charge on any atom is 0.322 e. The van der Waals surface area contributed by atoms with Crippen molar-refractivity contribution < 1.29 is 24.3 Å². The van der Waals surface area contributed by atoms with Crippen molar-refractivity contribution in [3.63, 3.8) is 0 Å². The molecule has 2 N–H and O–H groups in total. The predicted octanol–water partition coefficient (Wildman–Crippen LogP) is 0.0503. The Morgan fingerprint density at radius 3 is 2.59 bits per heavy atom. The second-order valence-electron chi connectivity index (χ2n) is 5.06. The van der Waals surface area contributed by atoms with Gasteiger partial charge in [-0.15, -0.1) is 0 Å². The highest BCUT2D eigenvalue weighted by Crippen LogP contribution is 2.36. The van der Waals surface area contributed by atoms with E-state index in [1.54, 1.807) is 12.1 Å². The lowest BCUT2D eigenvalue weighted by Crippen LogP contribution is -2.52. The summed E-state index contributed by atoms with van der Waals surface area (Å²) in [6.45, 7) is 0.638. The quantitative estimate of drug-likeness (QED) is 0.760. The van der Waals surface area contributed by atoms with Crippen LogP contribution >= 0.6 is 0 Å². The molecule has 0 saturated heterocycles. The van der Waals surface area contributed by atoms with Crippen LogP contribution in [0.1, 0.15) is 22.8 Å². The number of nitrogens with zero attached hydrogens (tertiary/aromatic N) is 1. The molecule has 0 heterocycles. The summed E-state index contributed by atoms with van der Waals surface area (Å²) in [5, 5.41) is 19.9. The number of fused-ring (bicyclic) bond motifs is 1. The molecular formula is C15H12N2O5. The number of aliphatic carboxylic acids is 1. The summed E-state index contributed by atoms with van der Waals surface area (Å²) in [6, 6.07) is 7.96. The van der Waals surface area contributed by atoms with Crippen LogP contribution in [0.2, 0.25) is 0 Å². The normalized spacial score (nSPS) is 23.4. The first kappa shape index (κ1) is 15.4. The molecule has 1 aliphatic rings. The number of amides is 1. The molecule has 0 aliphatic heterocycles. The SMILES string of the molecule is CC1(C#N)C(=O)C(C(=O)NCC(=O)O)C(=O)c2ccccc21. The van der Waals surface area contributed by atoms with E-state index in [1.165, 1.54) is 19.1 Å². The highest BCUT2D eigenvalue weighted by molar-refractivity contribution is 6.29. The van der Waals surface area contributed by atoms with Crippen LogP contribution in [0.15, 0.2) is 24.3 Å². The lowest BCUT2D eigenvalue weighted by Gasteiger charge is -2.31. The Kier molecular flexibility index (Phi) is 3.78. The van der Waals surface area contributed by atoms with Crippen molar-refractivity contribution in [3.8, 4) is 6.07 Å². The molecule has 0 aromatic heterocycles. The predicted molar refractivity (Wildman–Crippen MR) is 72.9 cm³/mol. The number of ketones is 2. The standard InChI is InChI=1S/C15H12N2O5/c1-15(7-16)9-5-3-2-4-8(9)12(20)11(13(15)21)14(22)17-6-10(18)19/h2-5,11H,6H2,1H3,(H,17,22)(H,18,19). The van der Waals surface area contributed by atoms with Crippen LogP contribution in [0.3, 0.4) is 0 Å². The van der Waals surface area contributed by atoms with Crippen LogP contribution < -0.4 is 5.32 Å². The van der Waals surface area contributed by atoms with Gasteiger partial charge in [0.05, 0.1) is 6.07 Å². The maximum absolute atomic E-state index is 12.5. The zero-order chi connectivity index (χ0) is 16.5. The fourth-order valence-electron chi connectivity index (χ4n) is 2.45. The smallest absolute Gasteiger partial charge is 0.322 e. The molecule has 2 unspecified atom stereocenters. The molecule has 22 heavy (non-hydrogen) atoms. The summed E-state index contributed by atoms with van der Waals surface area (Å²) >= 11 is 0. The van der Waals surface area contributed by atoms with Crippen molar-refractivity contribution in [2.75, 3.05) is 6.54 Å². The van der Waals surface area contributed by atoms with Crippen LogP contribution in [0, 0.1) is 17.2 Å². The summed E-state index contributed by atoms with van der Waals surface area (Å²) < 4.78 is 0. The van der Waals surface area contributed by atoms with Gasteiger partial charge in [0.15, 0.2) is 17.5 Å². The summed E-state index contributed by atoms with van der Waals surface area (Å²) in [5.74, 6) is -5.59. The summed E-state index contributed by atoms with van der Waals surface area (Å²) in [4.78, 5) is 47.4. The molecule has 2 atom stereocenters. The number of carbonyl (C=O) groups excluding carboxylic acids is 3. The van der Waals surface area contributed by atoms with Gasteiger partial charge in [-0.2, -0.15) is 5.26 Å². The van der Waals surface area contributed by atoms with Crippen molar-refractivity contribution in [1.82, 2.24) is 5.32 Å². The van der Waals surface area contributed by atoms with Crippen LogP contribution in [-0.2, 0) is 19.8 Å². The summed E-state index contributed by atoms with van der Waals surface area (Å²) in [7, 11) is 0. The van der Waals surface area contributed by atoms with Crippen molar-refractivity contribution in [3.05, 3.63) is 35.4 Å². The van der Waals surface area contributed by atoms with Crippen LogP contribution in [0.5, 0.6) is 0 Å². The van der Waals surface area contributed by atoms with Crippen molar-refractivity contribution >= 4 is 23.4 Å². The highest BCUT2D eigenvalue weighted by Gasteiger charge is 2.52. The van der Waals surface area contributed by atoms with E-state index in [9.17, 15) is 24.4 Å². The minimum absolute atomic E-state index is 0.127. The van der Waals surface area contributed by atoms with Crippen molar-refractivity contribution in [2.45, 2.75) is 12.3 Å². The molecule has 7 nitrogen and oxygen atoms in total. The van der Waals surface area contributed by atoms with Gasteiger partial charge in [-0.05, 0) is 12.5 Å². The lowest BCUT2D eigenvalue weighted by molar-refractivity contribution is -0.140. The fourth-order valence-corrected chi connectivity index (χ4v) is 2.45. The maximum atomic E-state index is 12.5. The Morgan fingerprint density at radius 2 is 2.00 bits per heavy atom. The number of rotatable bonds is 3. The van der Waals surface area contributed by atoms with E-state index in [0.29, 0.717) is 0 Å². The van der Waals surface area contributed by atoms with Crippen molar-refractivity contribution in [2.24, 2.45) is 5.92 Å². The molecule has 2 rings (SSSR count). The first-order chi connectivity index (χ1) is 10.3. The average molecular weight is 300 g/mol. The van der Waals surface area contributed by atoms with Gasteiger partial charge in [-0.25, -0.2) is 0 Å². The Morgan fingerprint density at radius 1 is 1.36 bits per heavy atom. The van der Waals surface area contributed by atoms with E-state index in [1.807, 2.05) is 11.4 Å². The second kappa shape index (κ2) is 5.41. The molecule has 112 valence electrons. The van der Waals surface area contributed by atoms with Gasteiger partial charge >= 0.3 is 5.97 Å². The van der Waals surface area contributed by atoms with E-state index in [-0.39, 0.29) is 11.1 Å². The van der Waals surface area contributed by atoms with Crippen LogP contribution in [-0.4, -0.2) is 35.1 Å². The van der Waals surface area contributed by atoms with Gasteiger partial charge in [0.25, 0.3) is 0 Å². The van der Waals surface area contributed by atoms with E-state index in [2.05, 4.69) is 0 Å².